The van der Waals surface area contributed by atoms with Crippen LogP contribution in [-0.2, 0) is 11.4 Å². The Morgan fingerprint density at radius 3 is 2.63 bits per heavy atom. The molecule has 2 aromatic carbocycles. The van der Waals surface area contributed by atoms with E-state index in [1.807, 2.05) is 54.6 Å². The van der Waals surface area contributed by atoms with Gasteiger partial charge in [-0.05, 0) is 58.1 Å². The number of amides is 1. The molecule has 1 aliphatic carbocycles. The van der Waals surface area contributed by atoms with Gasteiger partial charge in [0.2, 0.25) is 0 Å². The Hall–Kier alpha value is -2.58. The fraction of sp³-hybridized carbons (Fsp3) is 0.273. The van der Waals surface area contributed by atoms with Crippen LogP contribution < -0.4 is 10.1 Å². The summed E-state index contributed by atoms with van der Waals surface area (Å²) in [6.07, 6.45) is 5.85. The van der Waals surface area contributed by atoms with Crippen molar-refractivity contribution in [2.75, 3.05) is 0 Å². The summed E-state index contributed by atoms with van der Waals surface area (Å²) >= 11 is 3.50. The van der Waals surface area contributed by atoms with E-state index in [0.717, 1.165) is 41.3 Å². The van der Waals surface area contributed by atoms with E-state index in [4.69, 9.17) is 4.74 Å². The van der Waals surface area contributed by atoms with Gasteiger partial charge in [0.15, 0.2) is 0 Å². The van der Waals surface area contributed by atoms with Crippen LogP contribution in [0.1, 0.15) is 36.8 Å². The number of carbonyl (C=O) groups excluding carboxylic acids is 1. The number of halogens is 1. The molecule has 0 spiro atoms. The van der Waals surface area contributed by atoms with E-state index in [9.17, 15) is 10.1 Å². The maximum atomic E-state index is 12.3. The highest BCUT2D eigenvalue weighted by molar-refractivity contribution is 9.10. The topological polar surface area (TPSA) is 62.1 Å². The molecule has 0 unspecified atom stereocenters. The molecular weight excluding hydrogens is 404 g/mol. The average Bonchev–Trinajstić information content (AvgIpc) is 3.19. The molecule has 0 radical (unpaired) electrons. The van der Waals surface area contributed by atoms with Crippen molar-refractivity contribution in [2.24, 2.45) is 0 Å². The summed E-state index contributed by atoms with van der Waals surface area (Å²) in [6.45, 7) is 0.474. The predicted molar refractivity (Wildman–Crippen MR) is 109 cm³/mol. The second-order valence-corrected chi connectivity index (χ2v) is 7.44. The van der Waals surface area contributed by atoms with Gasteiger partial charge in [-0.15, -0.1) is 0 Å². The molecule has 0 aliphatic heterocycles. The summed E-state index contributed by atoms with van der Waals surface area (Å²) in [5.41, 5.74) is 1.97. The molecule has 1 amide bonds. The summed E-state index contributed by atoms with van der Waals surface area (Å²) in [5, 5.41) is 12.3. The molecule has 4 nitrogen and oxygen atoms in total. The highest BCUT2D eigenvalue weighted by Crippen LogP contribution is 2.28. The van der Waals surface area contributed by atoms with Crippen molar-refractivity contribution < 1.29 is 9.53 Å². The van der Waals surface area contributed by atoms with Crippen LogP contribution >= 0.6 is 15.9 Å². The fourth-order valence-corrected chi connectivity index (χ4v) is 3.62. The first-order valence-corrected chi connectivity index (χ1v) is 9.84. The Morgan fingerprint density at radius 1 is 1.22 bits per heavy atom. The van der Waals surface area contributed by atoms with Crippen molar-refractivity contribution in [1.82, 2.24) is 5.32 Å². The second kappa shape index (κ2) is 9.38. The molecule has 1 saturated carbocycles. The molecule has 138 valence electrons. The lowest BCUT2D eigenvalue weighted by Gasteiger charge is -2.11. The van der Waals surface area contributed by atoms with Crippen molar-refractivity contribution >= 4 is 27.9 Å². The van der Waals surface area contributed by atoms with Crippen LogP contribution in [-0.4, -0.2) is 11.9 Å². The van der Waals surface area contributed by atoms with E-state index in [2.05, 4.69) is 21.2 Å². The van der Waals surface area contributed by atoms with Crippen molar-refractivity contribution in [1.29, 1.82) is 5.26 Å². The summed E-state index contributed by atoms with van der Waals surface area (Å²) in [6, 6.07) is 17.6. The van der Waals surface area contributed by atoms with Gasteiger partial charge in [-0.2, -0.15) is 5.26 Å². The van der Waals surface area contributed by atoms with E-state index in [1.165, 1.54) is 0 Å². The van der Waals surface area contributed by atoms with Crippen LogP contribution in [0.5, 0.6) is 5.75 Å². The number of carbonyl (C=O) groups is 1. The Labute approximate surface area is 168 Å². The van der Waals surface area contributed by atoms with Crippen LogP contribution in [0.2, 0.25) is 0 Å². The third-order valence-corrected chi connectivity index (χ3v) is 5.18. The van der Waals surface area contributed by atoms with Gasteiger partial charge in [-0.25, -0.2) is 0 Å². The minimum absolute atomic E-state index is 0.117. The summed E-state index contributed by atoms with van der Waals surface area (Å²) in [5.74, 6) is 0.412. The van der Waals surface area contributed by atoms with E-state index in [-0.39, 0.29) is 17.5 Å². The molecule has 27 heavy (non-hydrogen) atoms. The molecule has 3 rings (SSSR count). The minimum Gasteiger partial charge on any atom is -0.488 e. The van der Waals surface area contributed by atoms with Crippen LogP contribution in [0.25, 0.3) is 6.08 Å². The largest absolute Gasteiger partial charge is 0.488 e. The number of nitrogens with one attached hydrogen (secondary N) is 1. The first-order valence-electron chi connectivity index (χ1n) is 9.04. The number of nitrogens with zero attached hydrogens (tertiary/aromatic N) is 1. The number of nitriles is 1. The van der Waals surface area contributed by atoms with Crippen molar-refractivity contribution in [3.05, 3.63) is 69.7 Å². The van der Waals surface area contributed by atoms with Gasteiger partial charge in [0.1, 0.15) is 24.0 Å². The Balaban J connectivity index is 1.67. The zero-order chi connectivity index (χ0) is 19.1. The monoisotopic (exact) mass is 424 g/mol. The first-order chi connectivity index (χ1) is 13.2. The fourth-order valence-electron chi connectivity index (χ4n) is 3.11. The number of hydrogen-bond donors (Lipinski definition) is 1. The van der Waals surface area contributed by atoms with Gasteiger partial charge in [0.25, 0.3) is 5.91 Å². The SMILES string of the molecule is N#C/C(=C\c1ccc(OCc2ccccc2)c(Br)c1)C(=O)NC1CCCC1. The number of rotatable bonds is 6. The van der Waals surface area contributed by atoms with Gasteiger partial charge in [-0.1, -0.05) is 49.2 Å². The van der Waals surface area contributed by atoms with E-state index < -0.39 is 0 Å². The molecule has 0 atom stereocenters. The third kappa shape index (κ3) is 5.45. The van der Waals surface area contributed by atoms with Crippen molar-refractivity contribution in [3.8, 4) is 11.8 Å². The molecule has 2 aromatic rings. The highest BCUT2D eigenvalue weighted by atomic mass is 79.9. The van der Waals surface area contributed by atoms with E-state index in [1.54, 1.807) is 6.08 Å². The number of benzene rings is 2. The van der Waals surface area contributed by atoms with Crippen LogP contribution in [0.3, 0.4) is 0 Å². The lowest BCUT2D eigenvalue weighted by atomic mass is 10.1. The number of ether oxygens (including phenoxy) is 1. The van der Waals surface area contributed by atoms with Crippen LogP contribution in [0, 0.1) is 11.3 Å². The lowest BCUT2D eigenvalue weighted by Crippen LogP contribution is -2.33. The molecule has 0 saturated heterocycles. The van der Waals surface area contributed by atoms with Crippen LogP contribution in [0.4, 0.5) is 0 Å². The average molecular weight is 425 g/mol. The predicted octanol–water partition coefficient (Wildman–Crippen LogP) is 4.99. The molecule has 0 bridgehead atoms. The van der Waals surface area contributed by atoms with Crippen LogP contribution in [0.15, 0.2) is 58.6 Å². The van der Waals surface area contributed by atoms with Crippen molar-refractivity contribution in [2.45, 2.75) is 38.3 Å². The zero-order valence-electron chi connectivity index (χ0n) is 15.0. The van der Waals surface area contributed by atoms with E-state index >= 15 is 0 Å². The van der Waals surface area contributed by atoms with Gasteiger partial charge in [0, 0.05) is 6.04 Å². The molecule has 1 aliphatic rings. The quantitative estimate of drug-likeness (QED) is 0.524. The Kier molecular flexibility index (Phi) is 6.67. The maximum absolute atomic E-state index is 12.3. The first kappa shape index (κ1) is 19.2. The normalized spacial score (nSPS) is 14.6. The number of hydrogen-bond acceptors (Lipinski definition) is 3. The van der Waals surface area contributed by atoms with Crippen molar-refractivity contribution in [3.63, 3.8) is 0 Å². The smallest absolute Gasteiger partial charge is 0.262 e. The third-order valence-electron chi connectivity index (χ3n) is 4.56. The van der Waals surface area contributed by atoms with Gasteiger partial charge < -0.3 is 10.1 Å². The Bertz CT molecular complexity index is 866. The standard InChI is InChI=1S/C22H21BrN2O2/c23-20-13-17(10-11-21(20)27-15-16-6-2-1-3-7-16)12-18(14-24)22(26)25-19-8-4-5-9-19/h1-3,6-7,10-13,19H,4-5,8-9,15H2,(H,25,26)/b18-12+. The maximum Gasteiger partial charge on any atom is 0.262 e. The lowest BCUT2D eigenvalue weighted by molar-refractivity contribution is -0.117. The summed E-state index contributed by atoms with van der Waals surface area (Å²) in [7, 11) is 0. The summed E-state index contributed by atoms with van der Waals surface area (Å²) in [4.78, 5) is 12.3. The van der Waals surface area contributed by atoms with E-state index in [0.29, 0.717) is 12.4 Å². The summed E-state index contributed by atoms with van der Waals surface area (Å²) < 4.78 is 6.61. The molecule has 0 aromatic heterocycles. The highest BCUT2D eigenvalue weighted by Gasteiger charge is 2.19. The Morgan fingerprint density at radius 2 is 1.96 bits per heavy atom. The molecule has 5 heteroatoms. The zero-order valence-corrected chi connectivity index (χ0v) is 16.5. The molecular formula is C22H21BrN2O2. The van der Waals surface area contributed by atoms with Gasteiger partial charge in [-0.3, -0.25) is 4.79 Å². The van der Waals surface area contributed by atoms with Gasteiger partial charge in [0.05, 0.1) is 4.47 Å². The minimum atomic E-state index is -0.301. The molecule has 0 heterocycles. The second-order valence-electron chi connectivity index (χ2n) is 6.59. The van der Waals surface area contributed by atoms with Gasteiger partial charge >= 0.3 is 0 Å². The molecule has 1 fully saturated rings. The molecule has 1 N–H and O–H groups in total.